The Kier molecular flexibility index (Phi) is 4.83. The maximum absolute atomic E-state index is 12.9. The first-order valence-corrected chi connectivity index (χ1v) is 9.32. The van der Waals surface area contributed by atoms with Crippen molar-refractivity contribution in [2.24, 2.45) is 0 Å². The maximum atomic E-state index is 12.9. The molecule has 1 unspecified atom stereocenters. The maximum Gasteiger partial charge on any atom is 0.263 e. The lowest BCUT2D eigenvalue weighted by atomic mass is 10.0. The van der Waals surface area contributed by atoms with Gasteiger partial charge in [-0.3, -0.25) is 4.79 Å². The Morgan fingerprint density at radius 1 is 1.19 bits per heavy atom. The van der Waals surface area contributed by atoms with Crippen molar-refractivity contribution in [2.45, 2.75) is 25.9 Å². The summed E-state index contributed by atoms with van der Waals surface area (Å²) in [5.74, 6) is 3.00. The van der Waals surface area contributed by atoms with Crippen LogP contribution in [0, 0.1) is 6.92 Å². The van der Waals surface area contributed by atoms with Gasteiger partial charge in [0.2, 0.25) is 5.88 Å². The summed E-state index contributed by atoms with van der Waals surface area (Å²) >= 11 is 0. The topological polar surface area (TPSA) is 67.8 Å². The fraction of sp³-hybridized carbons (Fsp3) is 0.450. The van der Waals surface area contributed by atoms with E-state index in [0.717, 1.165) is 37.5 Å². The van der Waals surface area contributed by atoms with E-state index in [9.17, 15) is 4.79 Å². The molecule has 0 aliphatic carbocycles. The molecule has 0 saturated carbocycles. The molecule has 1 atom stereocenters. The molecule has 1 amide bonds. The Hall–Kier alpha value is -2.83. The standard InChI is InChI=1S/C20H24N4O3/c1-14-21-18(13-19(22-14)26-2)23-9-11-24(12-10-23)20(25)17-8-7-15-5-3-4-6-16(15)27-17/h3-6,13,17H,7-12H2,1-2H3. The third kappa shape index (κ3) is 3.67. The van der Waals surface area contributed by atoms with Gasteiger partial charge in [-0.15, -0.1) is 0 Å². The molecule has 2 aromatic rings. The summed E-state index contributed by atoms with van der Waals surface area (Å²) in [6, 6.07) is 9.80. The van der Waals surface area contributed by atoms with E-state index in [1.54, 1.807) is 7.11 Å². The zero-order valence-electron chi connectivity index (χ0n) is 15.7. The van der Waals surface area contributed by atoms with Gasteiger partial charge >= 0.3 is 0 Å². The van der Waals surface area contributed by atoms with Crippen LogP contribution in [0.3, 0.4) is 0 Å². The number of rotatable bonds is 3. The highest BCUT2D eigenvalue weighted by molar-refractivity contribution is 5.82. The number of methoxy groups -OCH3 is 1. The van der Waals surface area contributed by atoms with Crippen molar-refractivity contribution >= 4 is 11.7 Å². The van der Waals surface area contributed by atoms with Crippen molar-refractivity contribution in [3.63, 3.8) is 0 Å². The number of aromatic nitrogens is 2. The SMILES string of the molecule is COc1cc(N2CCN(C(=O)C3CCc4ccccc4O3)CC2)nc(C)n1. The van der Waals surface area contributed by atoms with E-state index in [-0.39, 0.29) is 12.0 Å². The first-order chi connectivity index (χ1) is 13.1. The lowest BCUT2D eigenvalue weighted by Crippen LogP contribution is -2.53. The quantitative estimate of drug-likeness (QED) is 0.824. The Bertz CT molecular complexity index is 834. The van der Waals surface area contributed by atoms with Crippen LogP contribution in [0.5, 0.6) is 11.6 Å². The number of ether oxygens (including phenoxy) is 2. The van der Waals surface area contributed by atoms with Crippen LogP contribution in [0.25, 0.3) is 0 Å². The van der Waals surface area contributed by atoms with Crippen molar-refractivity contribution < 1.29 is 14.3 Å². The van der Waals surface area contributed by atoms with Gasteiger partial charge in [0.1, 0.15) is 17.4 Å². The number of nitrogens with zero attached hydrogens (tertiary/aromatic N) is 4. The highest BCUT2D eigenvalue weighted by Crippen LogP contribution is 2.28. The molecule has 4 rings (SSSR count). The summed E-state index contributed by atoms with van der Waals surface area (Å²) in [6.45, 7) is 4.63. The lowest BCUT2D eigenvalue weighted by Gasteiger charge is -2.37. The fourth-order valence-corrected chi connectivity index (χ4v) is 3.65. The zero-order chi connectivity index (χ0) is 18.8. The van der Waals surface area contributed by atoms with Crippen LogP contribution in [-0.2, 0) is 11.2 Å². The van der Waals surface area contributed by atoms with Crippen molar-refractivity contribution in [3.8, 4) is 11.6 Å². The number of aryl methyl sites for hydroxylation is 2. The molecule has 1 aromatic heterocycles. The van der Waals surface area contributed by atoms with Crippen LogP contribution in [-0.4, -0.2) is 60.2 Å². The van der Waals surface area contributed by atoms with Gasteiger partial charge in [0.15, 0.2) is 6.10 Å². The summed E-state index contributed by atoms with van der Waals surface area (Å²) < 4.78 is 11.2. The van der Waals surface area contributed by atoms with Gasteiger partial charge in [0, 0.05) is 32.2 Å². The van der Waals surface area contributed by atoms with E-state index in [4.69, 9.17) is 9.47 Å². The minimum absolute atomic E-state index is 0.0839. The molecular weight excluding hydrogens is 344 g/mol. The number of hydrogen-bond donors (Lipinski definition) is 0. The van der Waals surface area contributed by atoms with Gasteiger partial charge in [-0.25, -0.2) is 4.98 Å². The molecule has 27 heavy (non-hydrogen) atoms. The second-order valence-electron chi connectivity index (χ2n) is 6.88. The van der Waals surface area contributed by atoms with Crippen LogP contribution in [0.15, 0.2) is 30.3 Å². The number of para-hydroxylation sites is 1. The number of carbonyl (C=O) groups excluding carboxylic acids is 1. The average Bonchev–Trinajstić information content (AvgIpc) is 2.72. The van der Waals surface area contributed by atoms with Crippen LogP contribution in [0.4, 0.5) is 5.82 Å². The molecule has 3 heterocycles. The zero-order valence-corrected chi connectivity index (χ0v) is 15.7. The molecule has 0 N–H and O–H groups in total. The molecule has 2 aliphatic heterocycles. The number of anilines is 1. The molecule has 0 bridgehead atoms. The number of benzene rings is 1. The van der Waals surface area contributed by atoms with Gasteiger partial charge in [-0.1, -0.05) is 18.2 Å². The molecule has 1 fully saturated rings. The Morgan fingerprint density at radius 3 is 2.74 bits per heavy atom. The summed E-state index contributed by atoms with van der Waals surface area (Å²) in [5, 5.41) is 0. The van der Waals surface area contributed by atoms with Gasteiger partial charge in [0.05, 0.1) is 7.11 Å². The van der Waals surface area contributed by atoms with Gasteiger partial charge in [-0.05, 0) is 31.4 Å². The lowest BCUT2D eigenvalue weighted by molar-refractivity contribution is -0.139. The van der Waals surface area contributed by atoms with Crippen molar-refractivity contribution in [3.05, 3.63) is 41.7 Å². The second kappa shape index (κ2) is 7.42. The third-order valence-electron chi connectivity index (χ3n) is 5.12. The van der Waals surface area contributed by atoms with Crippen LogP contribution >= 0.6 is 0 Å². The van der Waals surface area contributed by atoms with Crippen molar-refractivity contribution in [1.82, 2.24) is 14.9 Å². The largest absolute Gasteiger partial charge is 0.481 e. The van der Waals surface area contributed by atoms with Gasteiger partial charge in [0.25, 0.3) is 5.91 Å². The normalized spacial score (nSPS) is 19.3. The summed E-state index contributed by atoms with van der Waals surface area (Å²) in [5.41, 5.74) is 1.18. The molecule has 1 aromatic carbocycles. The van der Waals surface area contributed by atoms with Crippen LogP contribution in [0.2, 0.25) is 0 Å². The molecule has 1 saturated heterocycles. The average molecular weight is 368 g/mol. The minimum atomic E-state index is -0.382. The monoisotopic (exact) mass is 368 g/mol. The highest BCUT2D eigenvalue weighted by Gasteiger charge is 2.31. The van der Waals surface area contributed by atoms with E-state index in [1.165, 1.54) is 5.56 Å². The number of fused-ring (bicyclic) bond motifs is 1. The van der Waals surface area contributed by atoms with E-state index in [2.05, 4.69) is 20.9 Å². The van der Waals surface area contributed by atoms with E-state index in [1.807, 2.05) is 36.1 Å². The third-order valence-corrected chi connectivity index (χ3v) is 5.12. The van der Waals surface area contributed by atoms with Crippen molar-refractivity contribution in [2.75, 3.05) is 38.2 Å². The number of hydrogen-bond acceptors (Lipinski definition) is 6. The predicted molar refractivity (Wildman–Crippen MR) is 101 cm³/mol. The first-order valence-electron chi connectivity index (χ1n) is 9.32. The van der Waals surface area contributed by atoms with E-state index >= 15 is 0 Å². The Morgan fingerprint density at radius 2 is 1.96 bits per heavy atom. The molecular formula is C20H24N4O3. The van der Waals surface area contributed by atoms with E-state index < -0.39 is 0 Å². The molecule has 7 nitrogen and oxygen atoms in total. The van der Waals surface area contributed by atoms with Gasteiger partial charge < -0.3 is 19.3 Å². The van der Waals surface area contributed by atoms with Gasteiger partial charge in [-0.2, -0.15) is 4.98 Å². The molecule has 0 radical (unpaired) electrons. The van der Waals surface area contributed by atoms with Crippen LogP contribution in [0.1, 0.15) is 17.8 Å². The Balaban J connectivity index is 1.38. The molecule has 2 aliphatic rings. The summed E-state index contributed by atoms with van der Waals surface area (Å²) in [4.78, 5) is 25.7. The first kappa shape index (κ1) is 17.6. The Labute approximate surface area is 158 Å². The fourth-order valence-electron chi connectivity index (χ4n) is 3.65. The highest BCUT2D eigenvalue weighted by atomic mass is 16.5. The minimum Gasteiger partial charge on any atom is -0.481 e. The number of carbonyl (C=O) groups is 1. The predicted octanol–water partition coefficient (Wildman–Crippen LogP) is 1.84. The summed E-state index contributed by atoms with van der Waals surface area (Å²) in [7, 11) is 1.60. The smallest absolute Gasteiger partial charge is 0.263 e. The molecule has 0 spiro atoms. The number of piperazine rings is 1. The van der Waals surface area contributed by atoms with Crippen LogP contribution < -0.4 is 14.4 Å². The number of amides is 1. The second-order valence-corrected chi connectivity index (χ2v) is 6.88. The molecule has 142 valence electrons. The molecule has 7 heteroatoms. The van der Waals surface area contributed by atoms with E-state index in [0.29, 0.717) is 24.8 Å². The summed E-state index contributed by atoms with van der Waals surface area (Å²) in [6.07, 6.45) is 1.23. The van der Waals surface area contributed by atoms with Crippen molar-refractivity contribution in [1.29, 1.82) is 0 Å².